The third-order valence-electron chi connectivity index (χ3n) is 3.68. The number of carbonyl (C=O) groups excluding carboxylic acids is 1. The number of benzene rings is 1. The average molecular weight is 338 g/mol. The van der Waals surface area contributed by atoms with Gasteiger partial charge >= 0.3 is 11.7 Å². The minimum atomic E-state index is -0.632. The molecule has 0 aliphatic heterocycles. The van der Waals surface area contributed by atoms with E-state index in [1.54, 1.807) is 29.2 Å². The van der Waals surface area contributed by atoms with Gasteiger partial charge in [0, 0.05) is 12.6 Å². The number of tetrazole rings is 1. The molecule has 1 atom stereocenters. The van der Waals surface area contributed by atoms with E-state index in [1.165, 1.54) is 0 Å². The second-order valence-electron chi connectivity index (χ2n) is 5.27. The van der Waals surface area contributed by atoms with Crippen LogP contribution in [0.2, 0.25) is 5.02 Å². The molecule has 0 N–H and O–H groups in total. The lowest BCUT2D eigenvalue weighted by Gasteiger charge is -2.26. The van der Waals surface area contributed by atoms with Gasteiger partial charge in [-0.3, -0.25) is 0 Å². The van der Waals surface area contributed by atoms with E-state index in [9.17, 15) is 9.59 Å². The van der Waals surface area contributed by atoms with E-state index in [4.69, 9.17) is 11.6 Å². The number of rotatable bonds is 5. The van der Waals surface area contributed by atoms with E-state index in [0.29, 0.717) is 17.3 Å². The SMILES string of the molecule is CCCN(C(=O)n1nnn(-c2ccccc2Cl)c1=O)C(C)CC. The standard InChI is InChI=1S/C15H20ClN5O2/c1-4-10-19(11(3)5-2)14(22)21-15(23)20(17-18-21)13-9-7-6-8-12(13)16/h6-9,11H,4-5,10H2,1-3H3. The minimum absolute atomic E-state index is 0.0137. The lowest BCUT2D eigenvalue weighted by Crippen LogP contribution is -2.45. The molecule has 23 heavy (non-hydrogen) atoms. The Bertz CT molecular complexity index is 739. The second-order valence-corrected chi connectivity index (χ2v) is 5.68. The lowest BCUT2D eigenvalue weighted by molar-refractivity contribution is 0.174. The Labute approximate surface area is 139 Å². The molecule has 0 spiro atoms. The Morgan fingerprint density at radius 2 is 2.00 bits per heavy atom. The van der Waals surface area contributed by atoms with Gasteiger partial charge in [0.05, 0.1) is 10.7 Å². The van der Waals surface area contributed by atoms with Gasteiger partial charge in [0.2, 0.25) is 0 Å². The van der Waals surface area contributed by atoms with E-state index in [0.717, 1.165) is 22.2 Å². The van der Waals surface area contributed by atoms with E-state index >= 15 is 0 Å². The highest BCUT2D eigenvalue weighted by atomic mass is 35.5. The Kier molecular flexibility index (Phi) is 5.54. The smallest absolute Gasteiger partial charge is 0.320 e. The molecule has 2 rings (SSSR count). The predicted molar refractivity (Wildman–Crippen MR) is 88.2 cm³/mol. The Balaban J connectivity index is 2.40. The second kappa shape index (κ2) is 7.41. The van der Waals surface area contributed by atoms with Crippen molar-refractivity contribution >= 4 is 17.6 Å². The van der Waals surface area contributed by atoms with Gasteiger partial charge in [0.15, 0.2) is 0 Å². The van der Waals surface area contributed by atoms with Crippen LogP contribution in [-0.2, 0) is 0 Å². The van der Waals surface area contributed by atoms with Crippen LogP contribution in [-0.4, -0.2) is 43.3 Å². The van der Waals surface area contributed by atoms with E-state index in [-0.39, 0.29) is 6.04 Å². The fraction of sp³-hybridized carbons (Fsp3) is 0.467. The number of aromatic nitrogens is 4. The van der Waals surface area contributed by atoms with Crippen molar-refractivity contribution in [3.63, 3.8) is 0 Å². The zero-order valence-corrected chi connectivity index (χ0v) is 14.2. The van der Waals surface area contributed by atoms with E-state index in [2.05, 4.69) is 10.4 Å². The van der Waals surface area contributed by atoms with Gasteiger partial charge in [-0.15, -0.1) is 4.68 Å². The third-order valence-corrected chi connectivity index (χ3v) is 4.00. The third kappa shape index (κ3) is 3.44. The van der Waals surface area contributed by atoms with Gasteiger partial charge in [-0.05, 0) is 42.3 Å². The van der Waals surface area contributed by atoms with Crippen LogP contribution < -0.4 is 5.69 Å². The van der Waals surface area contributed by atoms with Crippen LogP contribution >= 0.6 is 11.6 Å². The van der Waals surface area contributed by atoms with Crippen molar-refractivity contribution in [3.8, 4) is 5.69 Å². The summed E-state index contributed by atoms with van der Waals surface area (Å²) in [4.78, 5) is 26.7. The maximum Gasteiger partial charge on any atom is 0.377 e. The summed E-state index contributed by atoms with van der Waals surface area (Å²) in [6, 6.07) is 6.32. The van der Waals surface area contributed by atoms with Crippen LogP contribution in [0.5, 0.6) is 0 Å². The molecular formula is C15H20ClN5O2. The molecule has 0 saturated carbocycles. The van der Waals surface area contributed by atoms with Crippen LogP contribution in [0.3, 0.4) is 0 Å². The fourth-order valence-electron chi connectivity index (χ4n) is 2.23. The summed E-state index contributed by atoms with van der Waals surface area (Å²) in [5, 5.41) is 7.86. The number of amides is 1. The average Bonchev–Trinajstić information content (AvgIpc) is 2.93. The first-order valence-corrected chi connectivity index (χ1v) is 7.99. The summed E-state index contributed by atoms with van der Waals surface area (Å²) >= 11 is 6.07. The lowest BCUT2D eigenvalue weighted by atomic mass is 10.2. The zero-order valence-electron chi connectivity index (χ0n) is 13.4. The highest BCUT2D eigenvalue weighted by Gasteiger charge is 2.24. The Morgan fingerprint density at radius 3 is 2.61 bits per heavy atom. The summed E-state index contributed by atoms with van der Waals surface area (Å²) in [6.07, 6.45) is 1.59. The first-order valence-electron chi connectivity index (χ1n) is 7.62. The molecule has 1 heterocycles. The van der Waals surface area contributed by atoms with Crippen molar-refractivity contribution in [2.45, 2.75) is 39.7 Å². The van der Waals surface area contributed by atoms with Crippen molar-refractivity contribution < 1.29 is 4.79 Å². The summed E-state index contributed by atoms with van der Waals surface area (Å²) < 4.78 is 1.81. The number of carbonyl (C=O) groups is 1. The normalized spacial score (nSPS) is 12.2. The highest BCUT2D eigenvalue weighted by Crippen LogP contribution is 2.17. The van der Waals surface area contributed by atoms with Gasteiger partial charge in [-0.2, -0.15) is 4.68 Å². The summed E-state index contributed by atoms with van der Waals surface area (Å²) in [6.45, 7) is 6.46. The molecule has 1 unspecified atom stereocenters. The Morgan fingerprint density at radius 1 is 1.30 bits per heavy atom. The van der Waals surface area contributed by atoms with Crippen molar-refractivity contribution in [1.29, 1.82) is 0 Å². The fourth-order valence-corrected chi connectivity index (χ4v) is 2.44. The zero-order chi connectivity index (χ0) is 17.0. The number of hydrogen-bond donors (Lipinski definition) is 0. The van der Waals surface area contributed by atoms with Gasteiger partial charge in [0.25, 0.3) is 0 Å². The predicted octanol–water partition coefficient (Wildman–Crippen LogP) is 2.56. The molecule has 124 valence electrons. The number of para-hydroxylation sites is 1. The summed E-state index contributed by atoms with van der Waals surface area (Å²) in [5.41, 5.74) is -0.240. The molecule has 0 fully saturated rings. The van der Waals surface area contributed by atoms with Gasteiger partial charge in [-0.25, -0.2) is 9.59 Å². The van der Waals surface area contributed by atoms with Gasteiger partial charge in [-0.1, -0.05) is 37.6 Å². The summed E-state index contributed by atoms with van der Waals surface area (Å²) in [7, 11) is 0. The first kappa shape index (κ1) is 17.2. The van der Waals surface area contributed by atoms with Crippen molar-refractivity contribution in [3.05, 3.63) is 39.8 Å². The molecule has 1 aromatic heterocycles. The van der Waals surface area contributed by atoms with Crippen LogP contribution in [0.25, 0.3) is 5.69 Å². The molecule has 0 radical (unpaired) electrons. The topological polar surface area (TPSA) is 73.0 Å². The van der Waals surface area contributed by atoms with Crippen molar-refractivity contribution in [2.75, 3.05) is 6.54 Å². The van der Waals surface area contributed by atoms with E-state index in [1.807, 2.05) is 20.8 Å². The highest BCUT2D eigenvalue weighted by molar-refractivity contribution is 6.32. The largest absolute Gasteiger partial charge is 0.377 e. The van der Waals surface area contributed by atoms with Gasteiger partial charge < -0.3 is 4.90 Å². The van der Waals surface area contributed by atoms with Crippen LogP contribution in [0, 0.1) is 0 Å². The first-order chi connectivity index (χ1) is 11.0. The maximum atomic E-state index is 12.6. The molecule has 1 aromatic carbocycles. The minimum Gasteiger partial charge on any atom is -0.320 e. The number of halogens is 1. The molecular weight excluding hydrogens is 318 g/mol. The van der Waals surface area contributed by atoms with E-state index < -0.39 is 11.7 Å². The summed E-state index contributed by atoms with van der Waals surface area (Å²) in [5.74, 6) is 0. The quantitative estimate of drug-likeness (QED) is 0.786. The monoisotopic (exact) mass is 337 g/mol. The number of nitrogens with zero attached hydrogens (tertiary/aromatic N) is 5. The molecule has 0 saturated heterocycles. The molecule has 7 nitrogen and oxygen atoms in total. The Hall–Kier alpha value is -2.15. The molecule has 0 bridgehead atoms. The van der Waals surface area contributed by atoms with Crippen LogP contribution in [0.4, 0.5) is 4.79 Å². The molecule has 1 amide bonds. The number of hydrogen-bond acceptors (Lipinski definition) is 4. The molecule has 8 heteroatoms. The van der Waals surface area contributed by atoms with Crippen molar-refractivity contribution in [1.82, 2.24) is 24.7 Å². The maximum absolute atomic E-state index is 12.6. The van der Waals surface area contributed by atoms with Crippen LogP contribution in [0.15, 0.2) is 29.1 Å². The van der Waals surface area contributed by atoms with Crippen LogP contribution in [0.1, 0.15) is 33.6 Å². The molecule has 0 aliphatic carbocycles. The molecule has 2 aromatic rings. The van der Waals surface area contributed by atoms with Crippen molar-refractivity contribution in [2.24, 2.45) is 0 Å². The van der Waals surface area contributed by atoms with Gasteiger partial charge in [0.1, 0.15) is 0 Å². The molecule has 0 aliphatic rings.